The molecule has 1 atom stereocenters. The van der Waals surface area contributed by atoms with E-state index in [0.717, 1.165) is 61.0 Å². The summed E-state index contributed by atoms with van der Waals surface area (Å²) in [4.78, 5) is 15.3. The van der Waals surface area contributed by atoms with Gasteiger partial charge in [0.2, 0.25) is 5.91 Å². The molecule has 6 nitrogen and oxygen atoms in total. The lowest BCUT2D eigenvalue weighted by atomic mass is 10.1. The van der Waals surface area contributed by atoms with Gasteiger partial charge in [-0.05, 0) is 80.8 Å². The first-order valence-corrected chi connectivity index (χ1v) is 11.0. The number of H-pyrrole nitrogens is 1. The second-order valence-corrected chi connectivity index (χ2v) is 8.02. The summed E-state index contributed by atoms with van der Waals surface area (Å²) in [6.07, 6.45) is 7.62. The quantitative estimate of drug-likeness (QED) is 0.272. The monoisotopic (exact) mass is 459 g/mol. The first-order valence-electron chi connectivity index (χ1n) is 11.0. The van der Waals surface area contributed by atoms with Crippen LogP contribution in [0.15, 0.2) is 48.7 Å². The van der Waals surface area contributed by atoms with Gasteiger partial charge in [0.15, 0.2) is 0 Å². The van der Waals surface area contributed by atoms with Crippen LogP contribution in [0.5, 0.6) is 11.5 Å². The Balaban J connectivity index is 0.00000363. The SMILES string of the molecule is COc1ccc(NC(=O)CCCCCC(C)NCCc2c[nH]c3ccc(O)cc23)cc1.Cl. The number of hydrogen-bond donors (Lipinski definition) is 4. The van der Waals surface area contributed by atoms with Crippen LogP contribution in [-0.4, -0.2) is 35.7 Å². The number of amides is 1. The molecule has 0 spiro atoms. The first-order chi connectivity index (χ1) is 15.0. The number of ether oxygens (including phenoxy) is 1. The molecule has 0 aliphatic heterocycles. The molecular formula is C25H34ClN3O3. The number of phenols is 1. The van der Waals surface area contributed by atoms with Gasteiger partial charge in [-0.3, -0.25) is 4.79 Å². The summed E-state index contributed by atoms with van der Waals surface area (Å²) in [5, 5.41) is 17.3. The van der Waals surface area contributed by atoms with Crippen LogP contribution >= 0.6 is 12.4 Å². The molecule has 0 aliphatic carbocycles. The molecule has 7 heteroatoms. The molecule has 0 bridgehead atoms. The van der Waals surface area contributed by atoms with Crippen molar-refractivity contribution in [1.29, 1.82) is 0 Å². The molecule has 1 amide bonds. The average Bonchev–Trinajstić information content (AvgIpc) is 3.16. The molecule has 174 valence electrons. The number of hydrogen-bond acceptors (Lipinski definition) is 4. The molecule has 1 unspecified atom stereocenters. The smallest absolute Gasteiger partial charge is 0.224 e. The summed E-state index contributed by atoms with van der Waals surface area (Å²) >= 11 is 0. The molecule has 32 heavy (non-hydrogen) atoms. The Hall–Kier alpha value is -2.70. The van der Waals surface area contributed by atoms with Crippen molar-refractivity contribution in [2.45, 2.75) is 51.5 Å². The van der Waals surface area contributed by atoms with E-state index in [1.165, 1.54) is 5.56 Å². The van der Waals surface area contributed by atoms with Crippen molar-refractivity contribution in [2.24, 2.45) is 0 Å². The Morgan fingerprint density at radius 2 is 1.91 bits per heavy atom. The van der Waals surface area contributed by atoms with Crippen LogP contribution in [0.3, 0.4) is 0 Å². The van der Waals surface area contributed by atoms with Crippen molar-refractivity contribution in [3.63, 3.8) is 0 Å². The molecule has 0 saturated carbocycles. The lowest BCUT2D eigenvalue weighted by Gasteiger charge is -2.13. The zero-order valence-corrected chi connectivity index (χ0v) is 19.6. The third kappa shape index (κ3) is 7.77. The van der Waals surface area contributed by atoms with Crippen molar-refractivity contribution >= 4 is 34.9 Å². The van der Waals surface area contributed by atoms with Gasteiger partial charge in [0.25, 0.3) is 0 Å². The maximum absolute atomic E-state index is 12.1. The predicted molar refractivity (Wildman–Crippen MR) is 133 cm³/mol. The Labute approximate surface area is 196 Å². The summed E-state index contributed by atoms with van der Waals surface area (Å²) in [6.45, 7) is 3.10. The highest BCUT2D eigenvalue weighted by Gasteiger charge is 2.07. The minimum absolute atomic E-state index is 0. The molecule has 1 aromatic heterocycles. The number of carbonyl (C=O) groups excluding carboxylic acids is 1. The van der Waals surface area contributed by atoms with Gasteiger partial charge in [-0.1, -0.05) is 12.8 Å². The van der Waals surface area contributed by atoms with Crippen LogP contribution in [0.4, 0.5) is 5.69 Å². The van der Waals surface area contributed by atoms with E-state index >= 15 is 0 Å². The van der Waals surface area contributed by atoms with E-state index in [1.54, 1.807) is 13.2 Å². The van der Waals surface area contributed by atoms with E-state index in [0.29, 0.717) is 18.2 Å². The number of aromatic nitrogens is 1. The number of methoxy groups -OCH3 is 1. The van der Waals surface area contributed by atoms with Crippen molar-refractivity contribution in [2.75, 3.05) is 19.0 Å². The molecule has 0 fully saturated rings. The number of unbranched alkanes of at least 4 members (excludes halogenated alkanes) is 2. The second-order valence-electron chi connectivity index (χ2n) is 8.02. The Kier molecular flexibility index (Phi) is 10.4. The van der Waals surface area contributed by atoms with Crippen LogP contribution in [-0.2, 0) is 11.2 Å². The van der Waals surface area contributed by atoms with Crippen molar-refractivity contribution in [3.8, 4) is 11.5 Å². The van der Waals surface area contributed by atoms with E-state index in [-0.39, 0.29) is 18.3 Å². The number of phenolic OH excluding ortho intramolecular Hbond substituents is 1. The molecular weight excluding hydrogens is 426 g/mol. The summed E-state index contributed by atoms with van der Waals surface area (Å²) in [7, 11) is 1.63. The fourth-order valence-corrected chi connectivity index (χ4v) is 3.74. The summed E-state index contributed by atoms with van der Waals surface area (Å²) in [5.41, 5.74) is 3.07. The van der Waals surface area contributed by atoms with Crippen LogP contribution in [0, 0.1) is 0 Å². The molecule has 2 aromatic carbocycles. The maximum atomic E-state index is 12.1. The number of halogens is 1. The summed E-state index contributed by atoms with van der Waals surface area (Å²) in [5.74, 6) is 1.13. The van der Waals surface area contributed by atoms with Gasteiger partial charge in [-0.2, -0.15) is 0 Å². The topological polar surface area (TPSA) is 86.4 Å². The van der Waals surface area contributed by atoms with Gasteiger partial charge in [0, 0.05) is 35.2 Å². The molecule has 3 aromatic rings. The van der Waals surface area contributed by atoms with Crippen LogP contribution < -0.4 is 15.4 Å². The largest absolute Gasteiger partial charge is 0.508 e. The summed E-state index contributed by atoms with van der Waals surface area (Å²) in [6, 6.07) is 13.2. The molecule has 3 rings (SSSR count). The third-order valence-electron chi connectivity index (χ3n) is 5.55. The van der Waals surface area contributed by atoms with Crippen molar-refractivity contribution < 1.29 is 14.6 Å². The van der Waals surface area contributed by atoms with Gasteiger partial charge >= 0.3 is 0 Å². The zero-order valence-electron chi connectivity index (χ0n) is 18.8. The molecule has 0 saturated heterocycles. The Bertz CT molecular complexity index is 972. The minimum atomic E-state index is 0. The van der Waals surface area contributed by atoms with Gasteiger partial charge in [0.1, 0.15) is 11.5 Å². The average molecular weight is 460 g/mol. The summed E-state index contributed by atoms with van der Waals surface area (Å²) < 4.78 is 5.12. The minimum Gasteiger partial charge on any atom is -0.508 e. The second kappa shape index (κ2) is 13.0. The third-order valence-corrected chi connectivity index (χ3v) is 5.55. The van der Waals surface area contributed by atoms with Crippen LogP contribution in [0.2, 0.25) is 0 Å². The molecule has 0 aliphatic rings. The van der Waals surface area contributed by atoms with E-state index in [9.17, 15) is 9.90 Å². The van der Waals surface area contributed by atoms with Crippen molar-refractivity contribution in [3.05, 3.63) is 54.2 Å². The Morgan fingerprint density at radius 1 is 1.12 bits per heavy atom. The number of aromatic amines is 1. The fourth-order valence-electron chi connectivity index (χ4n) is 3.74. The highest BCUT2D eigenvalue weighted by Crippen LogP contribution is 2.23. The first kappa shape index (κ1) is 25.6. The lowest BCUT2D eigenvalue weighted by molar-refractivity contribution is -0.116. The number of rotatable bonds is 12. The van der Waals surface area contributed by atoms with E-state index in [1.807, 2.05) is 42.6 Å². The standard InChI is InChI=1S/C25H33N3O3.ClH/c1-18(26-15-14-19-17-27-24-13-10-21(29)16-23(19)24)6-4-3-5-7-25(30)28-20-8-11-22(31-2)12-9-20;/h8-13,16-18,26-27,29H,3-7,14-15H2,1-2H3,(H,28,30);1H. The van der Waals surface area contributed by atoms with E-state index in [4.69, 9.17) is 4.74 Å². The van der Waals surface area contributed by atoms with Gasteiger partial charge in [0.05, 0.1) is 7.11 Å². The lowest BCUT2D eigenvalue weighted by Crippen LogP contribution is -2.28. The fraction of sp³-hybridized carbons (Fsp3) is 0.400. The highest BCUT2D eigenvalue weighted by molar-refractivity contribution is 5.90. The van der Waals surface area contributed by atoms with Crippen molar-refractivity contribution in [1.82, 2.24) is 10.3 Å². The number of fused-ring (bicyclic) bond motifs is 1. The maximum Gasteiger partial charge on any atom is 0.224 e. The number of anilines is 1. The molecule has 4 N–H and O–H groups in total. The number of carbonyl (C=O) groups is 1. The van der Waals surface area contributed by atoms with E-state index < -0.39 is 0 Å². The Morgan fingerprint density at radius 3 is 2.66 bits per heavy atom. The van der Waals surface area contributed by atoms with E-state index in [2.05, 4.69) is 22.5 Å². The number of aromatic hydroxyl groups is 1. The van der Waals surface area contributed by atoms with Gasteiger partial charge in [-0.15, -0.1) is 12.4 Å². The normalized spacial score (nSPS) is 11.7. The van der Waals surface area contributed by atoms with Crippen LogP contribution in [0.1, 0.15) is 44.6 Å². The number of benzene rings is 2. The van der Waals surface area contributed by atoms with Gasteiger partial charge in [-0.25, -0.2) is 0 Å². The zero-order chi connectivity index (χ0) is 22.1. The molecule has 0 radical (unpaired) electrons. The molecule has 1 heterocycles. The van der Waals surface area contributed by atoms with Crippen LogP contribution in [0.25, 0.3) is 10.9 Å². The number of nitrogens with one attached hydrogen (secondary N) is 3. The van der Waals surface area contributed by atoms with Gasteiger partial charge < -0.3 is 25.5 Å². The highest BCUT2D eigenvalue weighted by atomic mass is 35.5. The predicted octanol–water partition coefficient (Wildman–Crippen LogP) is 5.41.